The summed E-state index contributed by atoms with van der Waals surface area (Å²) in [7, 11) is 1.34. The summed E-state index contributed by atoms with van der Waals surface area (Å²) in [6.45, 7) is 10.6. The fourth-order valence-corrected chi connectivity index (χ4v) is 6.58. The van der Waals surface area contributed by atoms with Crippen LogP contribution >= 0.6 is 34.4 Å². The highest BCUT2D eigenvalue weighted by Crippen LogP contribution is 2.40. The molecule has 0 bridgehead atoms. The number of nitrogens with one attached hydrogen (secondary N) is 1. The molecule has 7 nitrogen and oxygen atoms in total. The Morgan fingerprint density at radius 3 is 2.62 bits per heavy atom. The number of benzene rings is 1. The molecule has 0 radical (unpaired) electrons. The second kappa shape index (κ2) is 11.9. The van der Waals surface area contributed by atoms with Gasteiger partial charge in [0, 0.05) is 32.8 Å². The highest BCUT2D eigenvalue weighted by atomic mass is 32.2. The van der Waals surface area contributed by atoms with Gasteiger partial charge in [0.2, 0.25) is 5.91 Å². The summed E-state index contributed by atoms with van der Waals surface area (Å²) < 4.78 is 7.01. The zero-order chi connectivity index (χ0) is 26.5. The fourth-order valence-electron chi connectivity index (χ4n) is 3.85. The van der Waals surface area contributed by atoms with Crippen LogP contribution in [-0.4, -0.2) is 39.5 Å². The molecule has 1 N–H and O–H groups in total. The third kappa shape index (κ3) is 5.87. The summed E-state index contributed by atoms with van der Waals surface area (Å²) in [5.74, 6) is 0.556. The Balaban J connectivity index is 1.54. The van der Waals surface area contributed by atoms with Crippen LogP contribution in [0.1, 0.15) is 39.9 Å². The SMILES string of the molecule is C=CCn1c(SCC(=O)Nc2sc(C)c(-c3ccccc3)c2C(=O)OC)nnc1-c1csc(C(C)C)c1. The van der Waals surface area contributed by atoms with E-state index in [9.17, 15) is 9.59 Å². The lowest BCUT2D eigenvalue weighted by Gasteiger charge is -2.09. The van der Waals surface area contributed by atoms with Gasteiger partial charge in [0.1, 0.15) is 10.6 Å². The molecule has 1 amide bonds. The van der Waals surface area contributed by atoms with Crippen LogP contribution in [0.5, 0.6) is 0 Å². The van der Waals surface area contributed by atoms with Crippen LogP contribution in [-0.2, 0) is 16.1 Å². The van der Waals surface area contributed by atoms with E-state index in [0.29, 0.717) is 28.2 Å². The molecule has 0 fully saturated rings. The second-order valence-corrected chi connectivity index (χ2v) is 11.6. The number of anilines is 1. The molecule has 0 aliphatic heterocycles. The Hall–Kier alpha value is -3.21. The van der Waals surface area contributed by atoms with Crippen LogP contribution in [0.4, 0.5) is 5.00 Å². The molecule has 10 heteroatoms. The first-order valence-electron chi connectivity index (χ1n) is 11.7. The van der Waals surface area contributed by atoms with E-state index in [2.05, 4.69) is 47.4 Å². The number of carbonyl (C=O) groups excluding carboxylic acids is 2. The highest BCUT2D eigenvalue weighted by molar-refractivity contribution is 7.99. The van der Waals surface area contributed by atoms with Crippen molar-refractivity contribution in [1.82, 2.24) is 14.8 Å². The molecule has 4 aromatic rings. The predicted octanol–water partition coefficient (Wildman–Crippen LogP) is 6.87. The molecule has 0 atom stereocenters. The van der Waals surface area contributed by atoms with Gasteiger partial charge in [0.25, 0.3) is 0 Å². The van der Waals surface area contributed by atoms with E-state index in [4.69, 9.17) is 4.74 Å². The maximum Gasteiger partial charge on any atom is 0.341 e. The first-order chi connectivity index (χ1) is 17.8. The predicted molar refractivity (Wildman–Crippen MR) is 153 cm³/mol. The van der Waals surface area contributed by atoms with Crippen molar-refractivity contribution in [3.05, 3.63) is 69.8 Å². The molecule has 37 heavy (non-hydrogen) atoms. The molecule has 192 valence electrons. The average Bonchev–Trinajstić information content (AvgIpc) is 3.60. The van der Waals surface area contributed by atoms with Gasteiger partial charge in [-0.3, -0.25) is 9.36 Å². The molecule has 0 spiro atoms. The quantitative estimate of drug-likeness (QED) is 0.131. The van der Waals surface area contributed by atoms with Gasteiger partial charge in [0.05, 0.1) is 12.9 Å². The van der Waals surface area contributed by atoms with Crippen molar-refractivity contribution in [2.45, 2.75) is 38.4 Å². The van der Waals surface area contributed by atoms with Crippen LogP contribution in [0.3, 0.4) is 0 Å². The summed E-state index contributed by atoms with van der Waals surface area (Å²) in [6.07, 6.45) is 1.79. The van der Waals surface area contributed by atoms with E-state index in [1.54, 1.807) is 17.4 Å². The lowest BCUT2D eigenvalue weighted by atomic mass is 10.0. The highest BCUT2D eigenvalue weighted by Gasteiger charge is 2.25. The van der Waals surface area contributed by atoms with Crippen LogP contribution in [0.15, 0.2) is 59.6 Å². The number of rotatable bonds is 10. The number of thiophene rings is 2. The maximum absolute atomic E-state index is 13.0. The molecule has 1 aromatic carbocycles. The number of allylic oxidation sites excluding steroid dienone is 1. The lowest BCUT2D eigenvalue weighted by Crippen LogP contribution is -2.16. The molecule has 0 saturated heterocycles. The van der Waals surface area contributed by atoms with Gasteiger partial charge in [-0.25, -0.2) is 4.79 Å². The summed E-state index contributed by atoms with van der Waals surface area (Å²) in [5, 5.41) is 14.8. The topological polar surface area (TPSA) is 86.1 Å². The molecule has 0 unspecified atom stereocenters. The monoisotopic (exact) mass is 552 g/mol. The number of aromatic nitrogens is 3. The first-order valence-corrected chi connectivity index (χ1v) is 14.3. The standard InChI is InChI=1S/C27H28N4O3S3/c1-6-12-31-24(19-13-20(16(2)3)35-14-19)29-30-27(31)36-15-21(32)28-25-23(26(33)34-5)22(17(4)37-25)18-10-8-7-9-11-18/h6-11,13-14,16H,1,12,15H2,2-5H3,(H,28,32). The molecule has 0 aliphatic carbocycles. The number of esters is 1. The molecule has 3 aromatic heterocycles. The van der Waals surface area contributed by atoms with Crippen molar-refractivity contribution in [1.29, 1.82) is 0 Å². The number of amides is 1. The van der Waals surface area contributed by atoms with Crippen molar-refractivity contribution >= 4 is 51.3 Å². The van der Waals surface area contributed by atoms with Gasteiger partial charge in [-0.05, 0) is 24.5 Å². The minimum absolute atomic E-state index is 0.106. The number of ether oxygens (including phenoxy) is 1. The van der Waals surface area contributed by atoms with Gasteiger partial charge in [-0.15, -0.1) is 39.4 Å². The lowest BCUT2D eigenvalue weighted by molar-refractivity contribution is -0.113. The van der Waals surface area contributed by atoms with Gasteiger partial charge in [0.15, 0.2) is 11.0 Å². The van der Waals surface area contributed by atoms with E-state index in [0.717, 1.165) is 27.4 Å². The van der Waals surface area contributed by atoms with Crippen molar-refractivity contribution in [2.75, 3.05) is 18.2 Å². The summed E-state index contributed by atoms with van der Waals surface area (Å²) in [4.78, 5) is 27.9. The normalized spacial score (nSPS) is 11.1. The fraction of sp³-hybridized carbons (Fsp3) is 0.259. The van der Waals surface area contributed by atoms with Gasteiger partial charge in [-0.1, -0.05) is 62.0 Å². The summed E-state index contributed by atoms with van der Waals surface area (Å²) in [6, 6.07) is 11.7. The zero-order valence-corrected chi connectivity index (χ0v) is 23.6. The van der Waals surface area contributed by atoms with Crippen LogP contribution < -0.4 is 5.32 Å². The van der Waals surface area contributed by atoms with Crippen LogP contribution in [0, 0.1) is 6.92 Å². The van der Waals surface area contributed by atoms with Crippen molar-refractivity contribution in [2.24, 2.45) is 0 Å². The molecule has 0 saturated carbocycles. The largest absolute Gasteiger partial charge is 0.465 e. The minimum atomic E-state index is -0.488. The summed E-state index contributed by atoms with van der Waals surface area (Å²) in [5.41, 5.74) is 3.03. The first kappa shape index (κ1) is 26.8. The van der Waals surface area contributed by atoms with Gasteiger partial charge >= 0.3 is 5.97 Å². The number of nitrogens with zero attached hydrogens (tertiary/aromatic N) is 3. The minimum Gasteiger partial charge on any atom is -0.465 e. The Bertz CT molecular complexity index is 1420. The second-order valence-electron chi connectivity index (χ2n) is 8.53. The van der Waals surface area contributed by atoms with E-state index in [1.165, 1.54) is 35.1 Å². The van der Waals surface area contributed by atoms with E-state index >= 15 is 0 Å². The Labute approximate surface area is 228 Å². The van der Waals surface area contributed by atoms with E-state index in [1.807, 2.05) is 41.8 Å². The number of hydrogen-bond acceptors (Lipinski definition) is 8. The number of methoxy groups -OCH3 is 1. The third-order valence-electron chi connectivity index (χ3n) is 5.60. The van der Waals surface area contributed by atoms with Crippen LogP contribution in [0.25, 0.3) is 22.5 Å². The smallest absolute Gasteiger partial charge is 0.341 e. The Morgan fingerprint density at radius 1 is 1.22 bits per heavy atom. The molecule has 3 heterocycles. The van der Waals surface area contributed by atoms with Crippen LogP contribution in [0.2, 0.25) is 0 Å². The Morgan fingerprint density at radius 2 is 1.97 bits per heavy atom. The number of hydrogen-bond donors (Lipinski definition) is 1. The maximum atomic E-state index is 13.0. The van der Waals surface area contributed by atoms with Gasteiger partial charge in [-0.2, -0.15) is 0 Å². The van der Waals surface area contributed by atoms with Crippen molar-refractivity contribution in [3.63, 3.8) is 0 Å². The van der Waals surface area contributed by atoms with Gasteiger partial charge < -0.3 is 10.1 Å². The number of aryl methyl sites for hydroxylation is 1. The average molecular weight is 553 g/mol. The molecule has 0 aliphatic rings. The number of thioether (sulfide) groups is 1. The van der Waals surface area contributed by atoms with Crippen molar-refractivity contribution in [3.8, 4) is 22.5 Å². The Kier molecular flexibility index (Phi) is 8.63. The third-order valence-corrected chi connectivity index (χ3v) is 8.82. The molecular formula is C27H28N4O3S3. The van der Waals surface area contributed by atoms with Crippen molar-refractivity contribution < 1.29 is 14.3 Å². The zero-order valence-electron chi connectivity index (χ0n) is 21.1. The van der Waals surface area contributed by atoms with E-state index in [-0.39, 0.29) is 11.7 Å². The molecular weight excluding hydrogens is 525 g/mol. The number of carbonyl (C=O) groups is 2. The molecule has 4 rings (SSSR count). The van der Waals surface area contributed by atoms with E-state index < -0.39 is 5.97 Å². The summed E-state index contributed by atoms with van der Waals surface area (Å²) >= 11 is 4.35.